The van der Waals surface area contributed by atoms with Crippen LogP contribution in [0.2, 0.25) is 0 Å². The second kappa shape index (κ2) is 6.99. The Balaban J connectivity index is 1.99. The van der Waals surface area contributed by atoms with Crippen molar-refractivity contribution in [3.05, 3.63) is 59.4 Å². The quantitative estimate of drug-likeness (QED) is 0.776. The number of hydrogen-bond acceptors (Lipinski definition) is 1. The van der Waals surface area contributed by atoms with Gasteiger partial charge in [0.2, 0.25) is 0 Å². The van der Waals surface area contributed by atoms with Crippen LogP contribution >= 0.6 is 0 Å². The molecule has 0 saturated heterocycles. The van der Waals surface area contributed by atoms with Gasteiger partial charge >= 0.3 is 0 Å². The third-order valence-electron chi connectivity index (χ3n) is 3.84. The largest absolute Gasteiger partial charge is 0.254 e. The Kier molecular flexibility index (Phi) is 5.29. The molecule has 0 aliphatic carbocycles. The molecule has 21 heavy (non-hydrogen) atoms. The molecule has 1 heterocycles. The highest BCUT2D eigenvalue weighted by Crippen LogP contribution is 2.17. The van der Waals surface area contributed by atoms with Gasteiger partial charge in [-0.3, -0.25) is 4.21 Å². The monoisotopic (exact) mass is 302 g/mol. The van der Waals surface area contributed by atoms with Crippen LogP contribution in [0.1, 0.15) is 36.6 Å². The molecular formula is C18H24NOS+. The number of aryl methyl sites for hydroxylation is 3. The molecule has 0 bridgehead atoms. The lowest BCUT2D eigenvalue weighted by Crippen LogP contribution is -2.31. The van der Waals surface area contributed by atoms with Crippen LogP contribution in [0.5, 0.6) is 0 Å². The van der Waals surface area contributed by atoms with E-state index in [1.807, 2.05) is 19.2 Å². The second-order valence-corrected chi connectivity index (χ2v) is 7.38. The number of nitrogens with zero attached hydrogens (tertiary/aromatic N) is 1. The summed E-state index contributed by atoms with van der Waals surface area (Å²) in [7, 11) is 1.12. The zero-order valence-electron chi connectivity index (χ0n) is 13.3. The fraction of sp³-hybridized carbons (Fsp3) is 0.389. The molecule has 112 valence electrons. The summed E-state index contributed by atoms with van der Waals surface area (Å²) in [4.78, 5) is 0.927. The minimum absolute atomic E-state index is 0.514. The predicted molar refractivity (Wildman–Crippen MR) is 87.9 cm³/mol. The first-order chi connectivity index (χ1) is 9.97. The van der Waals surface area contributed by atoms with Crippen LogP contribution in [0, 0.1) is 6.92 Å². The van der Waals surface area contributed by atoms with E-state index < -0.39 is 10.8 Å². The highest BCUT2D eigenvalue weighted by Gasteiger charge is 2.08. The Labute approximate surface area is 130 Å². The molecule has 0 aliphatic heterocycles. The molecule has 0 N–H and O–H groups in total. The van der Waals surface area contributed by atoms with Gasteiger partial charge < -0.3 is 0 Å². The standard InChI is InChI=1S/C18H24NOS/c1-14(2)17-7-9-18(10-8-17)21(20)12-11-16-6-5-15(3)19(4)13-16/h5-10,13-14H,11-12H2,1-4H3/q+1/t21-/m0/s1. The van der Waals surface area contributed by atoms with E-state index in [0.29, 0.717) is 11.7 Å². The molecule has 1 atom stereocenters. The highest BCUT2D eigenvalue weighted by molar-refractivity contribution is 7.85. The second-order valence-electron chi connectivity index (χ2n) is 5.81. The van der Waals surface area contributed by atoms with E-state index >= 15 is 0 Å². The Morgan fingerprint density at radius 3 is 2.33 bits per heavy atom. The summed E-state index contributed by atoms with van der Waals surface area (Å²) < 4.78 is 14.5. The molecule has 3 heteroatoms. The predicted octanol–water partition coefficient (Wildman–Crippen LogP) is 3.29. The molecule has 0 unspecified atom stereocenters. The summed E-state index contributed by atoms with van der Waals surface area (Å²) in [5.74, 6) is 1.18. The summed E-state index contributed by atoms with van der Waals surface area (Å²) >= 11 is 0. The Morgan fingerprint density at radius 1 is 1.10 bits per heavy atom. The molecule has 1 aromatic carbocycles. The zero-order valence-corrected chi connectivity index (χ0v) is 14.1. The molecule has 0 spiro atoms. The van der Waals surface area contributed by atoms with E-state index in [-0.39, 0.29) is 0 Å². The Morgan fingerprint density at radius 2 is 1.76 bits per heavy atom. The minimum atomic E-state index is -0.927. The molecule has 0 radical (unpaired) electrons. The summed E-state index contributed by atoms with van der Waals surface area (Å²) in [5, 5.41) is 0. The molecular weight excluding hydrogens is 278 g/mol. The van der Waals surface area contributed by atoms with Crippen molar-refractivity contribution in [1.29, 1.82) is 0 Å². The van der Waals surface area contributed by atoms with E-state index in [4.69, 9.17) is 0 Å². The van der Waals surface area contributed by atoms with Gasteiger partial charge in [0.05, 0.1) is 10.8 Å². The first-order valence-corrected chi connectivity index (χ1v) is 8.73. The van der Waals surface area contributed by atoms with Gasteiger partial charge in [-0.1, -0.05) is 26.0 Å². The summed E-state index contributed by atoms with van der Waals surface area (Å²) in [6, 6.07) is 12.4. The van der Waals surface area contributed by atoms with Crippen LogP contribution in [-0.2, 0) is 24.3 Å². The number of benzene rings is 1. The van der Waals surface area contributed by atoms with Crippen molar-refractivity contribution in [2.45, 2.75) is 38.0 Å². The number of rotatable bonds is 5. The number of hydrogen-bond donors (Lipinski definition) is 0. The fourth-order valence-electron chi connectivity index (χ4n) is 2.22. The topological polar surface area (TPSA) is 20.9 Å². The SMILES string of the molecule is Cc1ccc(CC[S@](=O)c2ccc(C(C)C)cc2)c[n+]1C. The number of pyridine rings is 1. The summed E-state index contributed by atoms with van der Waals surface area (Å²) in [6.45, 7) is 6.42. The maximum absolute atomic E-state index is 12.4. The Bertz CT molecular complexity index is 632. The van der Waals surface area contributed by atoms with Gasteiger partial charge in [-0.05, 0) is 36.1 Å². The van der Waals surface area contributed by atoms with E-state index in [2.05, 4.69) is 55.8 Å². The molecule has 2 nitrogen and oxygen atoms in total. The van der Waals surface area contributed by atoms with Gasteiger partial charge in [0.25, 0.3) is 0 Å². The minimum Gasteiger partial charge on any atom is -0.254 e. The molecule has 0 fully saturated rings. The van der Waals surface area contributed by atoms with Crippen LogP contribution in [0.25, 0.3) is 0 Å². The highest BCUT2D eigenvalue weighted by atomic mass is 32.2. The normalized spacial score (nSPS) is 12.6. The van der Waals surface area contributed by atoms with Gasteiger partial charge in [0.1, 0.15) is 7.05 Å². The van der Waals surface area contributed by atoms with Crippen molar-refractivity contribution in [1.82, 2.24) is 0 Å². The van der Waals surface area contributed by atoms with E-state index in [1.54, 1.807) is 0 Å². The fourth-order valence-corrected chi connectivity index (χ4v) is 3.32. The summed E-state index contributed by atoms with van der Waals surface area (Å²) in [6.07, 6.45) is 2.96. The van der Waals surface area contributed by atoms with Crippen molar-refractivity contribution in [2.75, 3.05) is 5.75 Å². The molecule has 2 aromatic rings. The van der Waals surface area contributed by atoms with Crippen molar-refractivity contribution in [2.24, 2.45) is 7.05 Å². The van der Waals surface area contributed by atoms with Crippen LogP contribution in [0.3, 0.4) is 0 Å². The van der Waals surface area contributed by atoms with Gasteiger partial charge in [0.15, 0.2) is 11.9 Å². The first-order valence-electron chi connectivity index (χ1n) is 7.41. The van der Waals surface area contributed by atoms with E-state index in [0.717, 1.165) is 11.3 Å². The molecule has 2 rings (SSSR count). The summed E-state index contributed by atoms with van der Waals surface area (Å²) in [5.41, 5.74) is 3.75. The maximum Gasteiger partial charge on any atom is 0.177 e. The lowest BCUT2D eigenvalue weighted by molar-refractivity contribution is -0.678. The Hall–Kier alpha value is -1.48. The van der Waals surface area contributed by atoms with Crippen LogP contribution in [-0.4, -0.2) is 9.96 Å². The molecule has 0 saturated carbocycles. The number of aromatic nitrogens is 1. The maximum atomic E-state index is 12.4. The van der Waals surface area contributed by atoms with E-state index in [1.165, 1.54) is 16.8 Å². The van der Waals surface area contributed by atoms with Gasteiger partial charge in [0, 0.05) is 29.2 Å². The van der Waals surface area contributed by atoms with Crippen LogP contribution < -0.4 is 4.57 Å². The zero-order chi connectivity index (χ0) is 15.4. The molecule has 0 aliphatic rings. The van der Waals surface area contributed by atoms with Gasteiger partial charge in [-0.15, -0.1) is 0 Å². The van der Waals surface area contributed by atoms with Gasteiger partial charge in [-0.25, -0.2) is 4.57 Å². The smallest absolute Gasteiger partial charge is 0.177 e. The average molecular weight is 302 g/mol. The first kappa shape index (κ1) is 15.9. The third-order valence-corrected chi connectivity index (χ3v) is 5.21. The average Bonchev–Trinajstić information content (AvgIpc) is 2.48. The van der Waals surface area contributed by atoms with E-state index in [9.17, 15) is 4.21 Å². The van der Waals surface area contributed by atoms with Crippen molar-refractivity contribution >= 4 is 10.8 Å². The molecule has 0 amide bonds. The van der Waals surface area contributed by atoms with Crippen molar-refractivity contribution < 1.29 is 8.78 Å². The third kappa shape index (κ3) is 4.24. The van der Waals surface area contributed by atoms with Crippen LogP contribution in [0.4, 0.5) is 0 Å². The molecule has 1 aromatic heterocycles. The van der Waals surface area contributed by atoms with Crippen molar-refractivity contribution in [3.8, 4) is 0 Å². The lowest BCUT2D eigenvalue weighted by Gasteiger charge is -2.07. The van der Waals surface area contributed by atoms with Gasteiger partial charge in [-0.2, -0.15) is 0 Å². The van der Waals surface area contributed by atoms with Crippen molar-refractivity contribution in [3.63, 3.8) is 0 Å². The van der Waals surface area contributed by atoms with Crippen LogP contribution in [0.15, 0.2) is 47.5 Å². The lowest BCUT2D eigenvalue weighted by atomic mass is 10.0.